The molecule has 2 heterocycles. The zero-order valence-electron chi connectivity index (χ0n) is 17.4. The molecule has 0 atom stereocenters. The number of nitro benzene ring substituents is 1. The molecule has 1 aromatic heterocycles. The number of carbonyl (C=O) groups excluding carboxylic acids is 1. The van der Waals surface area contributed by atoms with Crippen LogP contribution in [0.1, 0.15) is 21.5 Å². The normalized spacial score (nSPS) is 14.4. The van der Waals surface area contributed by atoms with Crippen LogP contribution in [0.15, 0.2) is 61.2 Å². The van der Waals surface area contributed by atoms with Crippen molar-refractivity contribution in [2.24, 2.45) is 0 Å². The van der Waals surface area contributed by atoms with Gasteiger partial charge in [-0.05, 0) is 29.8 Å². The van der Waals surface area contributed by atoms with Gasteiger partial charge in [0.1, 0.15) is 5.69 Å². The molecule has 0 aliphatic carbocycles. The minimum absolute atomic E-state index is 0.115. The minimum Gasteiger partial charge on any atom is -0.362 e. The summed E-state index contributed by atoms with van der Waals surface area (Å²) in [6, 6.07) is 9.76. The first-order chi connectivity index (χ1) is 15.7. The Morgan fingerprint density at radius 1 is 1.06 bits per heavy atom. The molecule has 11 heteroatoms. The van der Waals surface area contributed by atoms with Crippen molar-refractivity contribution in [3.05, 3.63) is 88.0 Å². The summed E-state index contributed by atoms with van der Waals surface area (Å²) < 4.78 is 40.7. The summed E-state index contributed by atoms with van der Waals surface area (Å²) in [7, 11) is 0. The highest BCUT2D eigenvalue weighted by molar-refractivity contribution is 5.94. The maximum absolute atomic E-state index is 12.9. The number of piperazine rings is 1. The zero-order chi connectivity index (χ0) is 23.6. The lowest BCUT2D eigenvalue weighted by atomic mass is 10.1. The van der Waals surface area contributed by atoms with Gasteiger partial charge in [0.25, 0.3) is 11.6 Å². The quantitative estimate of drug-likeness (QED) is 0.428. The molecule has 1 saturated heterocycles. The number of rotatable bonds is 5. The van der Waals surface area contributed by atoms with Crippen LogP contribution < -0.4 is 4.90 Å². The first-order valence-electron chi connectivity index (χ1n) is 10.2. The predicted octanol–water partition coefficient (Wildman–Crippen LogP) is 3.82. The summed E-state index contributed by atoms with van der Waals surface area (Å²) in [4.78, 5) is 30.7. The van der Waals surface area contributed by atoms with Crippen LogP contribution in [-0.2, 0) is 12.7 Å². The van der Waals surface area contributed by atoms with Crippen molar-refractivity contribution >= 4 is 17.3 Å². The van der Waals surface area contributed by atoms with Gasteiger partial charge in [-0.1, -0.05) is 12.1 Å². The third kappa shape index (κ3) is 4.97. The van der Waals surface area contributed by atoms with Crippen LogP contribution >= 0.6 is 0 Å². The predicted molar refractivity (Wildman–Crippen MR) is 114 cm³/mol. The number of carbonyl (C=O) groups is 1. The summed E-state index contributed by atoms with van der Waals surface area (Å²) in [6.45, 7) is 1.79. The Balaban J connectivity index is 1.41. The number of hydrogen-bond donors (Lipinski definition) is 0. The van der Waals surface area contributed by atoms with E-state index in [9.17, 15) is 28.1 Å². The molecule has 3 aromatic rings. The maximum Gasteiger partial charge on any atom is 0.416 e. The van der Waals surface area contributed by atoms with Crippen LogP contribution in [0.3, 0.4) is 0 Å². The molecule has 1 aliphatic rings. The fraction of sp³-hybridized carbons (Fsp3) is 0.273. The average Bonchev–Trinajstić information content (AvgIpc) is 3.31. The molecule has 0 saturated carbocycles. The summed E-state index contributed by atoms with van der Waals surface area (Å²) in [6.07, 6.45) is 0.582. The molecule has 2 aromatic carbocycles. The highest BCUT2D eigenvalue weighted by Gasteiger charge is 2.34. The van der Waals surface area contributed by atoms with Crippen LogP contribution in [0.4, 0.5) is 24.5 Å². The molecule has 0 N–H and O–H groups in total. The van der Waals surface area contributed by atoms with E-state index >= 15 is 0 Å². The lowest BCUT2D eigenvalue weighted by Crippen LogP contribution is -2.49. The van der Waals surface area contributed by atoms with E-state index in [4.69, 9.17) is 0 Å². The fourth-order valence-electron chi connectivity index (χ4n) is 3.79. The second kappa shape index (κ2) is 8.93. The molecular formula is C22H20F3N5O3. The van der Waals surface area contributed by atoms with E-state index < -0.39 is 22.4 Å². The summed E-state index contributed by atoms with van der Waals surface area (Å²) >= 11 is 0. The van der Waals surface area contributed by atoms with Crippen LogP contribution in [-0.4, -0.2) is 51.5 Å². The van der Waals surface area contributed by atoms with E-state index in [2.05, 4.69) is 4.98 Å². The Kier molecular flexibility index (Phi) is 6.03. The van der Waals surface area contributed by atoms with Gasteiger partial charge in [-0.3, -0.25) is 14.9 Å². The molecule has 1 aliphatic heterocycles. The number of amides is 1. The van der Waals surface area contributed by atoms with Gasteiger partial charge >= 0.3 is 6.18 Å². The van der Waals surface area contributed by atoms with Gasteiger partial charge in [0.05, 0.1) is 16.8 Å². The number of alkyl halides is 3. The number of nitro groups is 1. The number of hydrogen-bond acceptors (Lipinski definition) is 5. The van der Waals surface area contributed by atoms with E-state index in [1.165, 1.54) is 0 Å². The number of imidazole rings is 1. The van der Waals surface area contributed by atoms with Crippen LogP contribution in [0.5, 0.6) is 0 Å². The fourth-order valence-corrected chi connectivity index (χ4v) is 3.79. The van der Waals surface area contributed by atoms with Crippen LogP contribution in [0.25, 0.3) is 0 Å². The molecule has 172 valence electrons. The number of halogens is 3. The third-order valence-corrected chi connectivity index (χ3v) is 5.53. The molecule has 33 heavy (non-hydrogen) atoms. The number of benzene rings is 2. The van der Waals surface area contributed by atoms with Gasteiger partial charge in [0.2, 0.25) is 0 Å². The largest absolute Gasteiger partial charge is 0.416 e. The standard InChI is InChI=1S/C22H20F3N5O3/c23-22(24,25)18-5-6-19(20(13-18)30(32)33)28-9-11-29(12-10-28)21(31)17-3-1-16(2-4-17)14-27-8-7-26-15-27/h1-8,13,15H,9-12,14H2. The zero-order valence-corrected chi connectivity index (χ0v) is 17.4. The minimum atomic E-state index is -4.66. The molecule has 0 radical (unpaired) electrons. The van der Waals surface area contributed by atoms with Gasteiger partial charge in [-0.25, -0.2) is 4.98 Å². The second-order valence-corrected chi connectivity index (χ2v) is 7.67. The van der Waals surface area contributed by atoms with Crippen LogP contribution in [0, 0.1) is 10.1 Å². The number of nitrogens with zero attached hydrogens (tertiary/aromatic N) is 5. The van der Waals surface area contributed by atoms with Gasteiger partial charge in [0, 0.05) is 56.7 Å². The molecular weight excluding hydrogens is 439 g/mol. The molecule has 0 spiro atoms. The van der Waals surface area contributed by atoms with Gasteiger partial charge < -0.3 is 14.4 Å². The Labute approximate surface area is 187 Å². The highest BCUT2D eigenvalue weighted by Crippen LogP contribution is 2.36. The van der Waals surface area contributed by atoms with Gasteiger partial charge in [-0.2, -0.15) is 13.2 Å². The number of aromatic nitrogens is 2. The summed E-state index contributed by atoms with van der Waals surface area (Å²) in [5, 5.41) is 11.4. The number of anilines is 1. The first kappa shape index (κ1) is 22.3. The van der Waals surface area contributed by atoms with E-state index in [0.717, 1.165) is 17.7 Å². The second-order valence-electron chi connectivity index (χ2n) is 7.67. The lowest BCUT2D eigenvalue weighted by molar-refractivity contribution is -0.384. The smallest absolute Gasteiger partial charge is 0.362 e. The Morgan fingerprint density at radius 3 is 2.33 bits per heavy atom. The highest BCUT2D eigenvalue weighted by atomic mass is 19.4. The van der Waals surface area contributed by atoms with E-state index in [1.807, 2.05) is 22.9 Å². The van der Waals surface area contributed by atoms with Crippen LogP contribution in [0.2, 0.25) is 0 Å². The Bertz CT molecular complexity index is 1140. The van der Waals surface area contributed by atoms with E-state index in [-0.39, 0.29) is 24.7 Å². The SMILES string of the molecule is O=C(c1ccc(Cn2ccnc2)cc1)N1CCN(c2ccc(C(F)(F)F)cc2[N+](=O)[O-])CC1. The molecule has 0 bridgehead atoms. The van der Waals surface area contributed by atoms with Crippen molar-refractivity contribution in [3.8, 4) is 0 Å². The first-order valence-corrected chi connectivity index (χ1v) is 10.2. The summed E-state index contributed by atoms with van der Waals surface area (Å²) in [5.74, 6) is -0.161. The Morgan fingerprint density at radius 2 is 1.76 bits per heavy atom. The van der Waals surface area contributed by atoms with Crippen molar-refractivity contribution in [3.63, 3.8) is 0 Å². The third-order valence-electron chi connectivity index (χ3n) is 5.53. The van der Waals surface area contributed by atoms with Crippen molar-refractivity contribution in [1.82, 2.24) is 14.5 Å². The topological polar surface area (TPSA) is 84.5 Å². The van der Waals surface area contributed by atoms with Gasteiger partial charge in [-0.15, -0.1) is 0 Å². The average molecular weight is 459 g/mol. The molecule has 8 nitrogen and oxygen atoms in total. The van der Waals surface area contributed by atoms with Crippen molar-refractivity contribution in [2.75, 3.05) is 31.1 Å². The lowest BCUT2D eigenvalue weighted by Gasteiger charge is -2.36. The molecule has 1 amide bonds. The van der Waals surface area contributed by atoms with Crippen molar-refractivity contribution in [1.29, 1.82) is 0 Å². The molecule has 1 fully saturated rings. The molecule has 0 unspecified atom stereocenters. The monoisotopic (exact) mass is 459 g/mol. The Hall–Kier alpha value is -3.89. The van der Waals surface area contributed by atoms with Crippen molar-refractivity contribution in [2.45, 2.75) is 12.7 Å². The van der Waals surface area contributed by atoms with E-state index in [0.29, 0.717) is 31.3 Å². The van der Waals surface area contributed by atoms with Crippen molar-refractivity contribution < 1.29 is 22.9 Å². The summed E-state index contributed by atoms with van der Waals surface area (Å²) in [5.41, 5.74) is -0.00684. The van der Waals surface area contributed by atoms with Gasteiger partial charge in [0.15, 0.2) is 0 Å². The van der Waals surface area contributed by atoms with E-state index in [1.54, 1.807) is 34.5 Å². The molecule has 4 rings (SSSR count). The maximum atomic E-state index is 12.9.